The van der Waals surface area contributed by atoms with Gasteiger partial charge in [-0.05, 0) is 17.7 Å². The van der Waals surface area contributed by atoms with Crippen molar-refractivity contribution in [1.82, 2.24) is 9.97 Å². The molecule has 14 heavy (non-hydrogen) atoms. The quantitative estimate of drug-likeness (QED) is 0.695. The number of aromatic nitrogens is 2. The van der Waals surface area contributed by atoms with Crippen LogP contribution in [0.15, 0.2) is 46.3 Å². The summed E-state index contributed by atoms with van der Waals surface area (Å²) in [5.41, 5.74) is 1.56. The van der Waals surface area contributed by atoms with Crippen molar-refractivity contribution in [1.29, 1.82) is 0 Å². The van der Waals surface area contributed by atoms with Crippen molar-refractivity contribution in [3.05, 3.63) is 47.1 Å². The molecular formula is C10H8N2OS. The second-order valence-corrected chi connectivity index (χ2v) is 3.37. The van der Waals surface area contributed by atoms with Crippen molar-refractivity contribution in [3.63, 3.8) is 0 Å². The zero-order valence-corrected chi connectivity index (χ0v) is 8.16. The van der Waals surface area contributed by atoms with E-state index in [4.69, 9.17) is 0 Å². The molecule has 0 spiro atoms. The van der Waals surface area contributed by atoms with E-state index in [1.165, 1.54) is 0 Å². The zero-order chi connectivity index (χ0) is 9.97. The van der Waals surface area contributed by atoms with Gasteiger partial charge in [-0.2, -0.15) is 0 Å². The molecule has 0 radical (unpaired) electrons. The lowest BCUT2D eigenvalue weighted by molar-refractivity contribution is 1.08. The molecule has 0 aliphatic heterocycles. The van der Waals surface area contributed by atoms with Crippen LogP contribution in [0.5, 0.6) is 0 Å². The Bertz CT molecular complexity index is 470. The first-order valence-corrected chi connectivity index (χ1v) is 4.54. The van der Waals surface area contributed by atoms with Crippen LogP contribution < -0.4 is 5.69 Å². The molecule has 0 fully saturated rings. The van der Waals surface area contributed by atoms with Gasteiger partial charge in [0.15, 0.2) is 0 Å². The Morgan fingerprint density at radius 2 is 1.86 bits per heavy atom. The van der Waals surface area contributed by atoms with Gasteiger partial charge in [-0.1, -0.05) is 12.1 Å². The molecule has 1 aromatic carbocycles. The van der Waals surface area contributed by atoms with Crippen molar-refractivity contribution in [2.24, 2.45) is 0 Å². The SMILES string of the molecule is O=c1ncc(-c2ccc(S)cc2)c[nH]1. The highest BCUT2D eigenvalue weighted by atomic mass is 32.1. The van der Waals surface area contributed by atoms with E-state index in [1.54, 1.807) is 12.4 Å². The predicted octanol–water partition coefficient (Wildman–Crippen LogP) is 1.73. The summed E-state index contributed by atoms with van der Waals surface area (Å²) in [6.45, 7) is 0. The summed E-state index contributed by atoms with van der Waals surface area (Å²) in [6.07, 6.45) is 3.19. The number of rotatable bonds is 1. The average Bonchev–Trinajstić information content (AvgIpc) is 2.21. The third-order valence-corrected chi connectivity index (χ3v) is 2.17. The summed E-state index contributed by atoms with van der Waals surface area (Å²) in [7, 11) is 0. The molecule has 2 rings (SSSR count). The van der Waals surface area contributed by atoms with Gasteiger partial charge in [0, 0.05) is 22.9 Å². The van der Waals surface area contributed by atoms with Gasteiger partial charge in [0.1, 0.15) is 0 Å². The first kappa shape index (κ1) is 9.02. The van der Waals surface area contributed by atoms with Crippen LogP contribution in [0.3, 0.4) is 0 Å². The molecule has 3 nitrogen and oxygen atoms in total. The summed E-state index contributed by atoms with van der Waals surface area (Å²) in [5, 5.41) is 0. The summed E-state index contributed by atoms with van der Waals surface area (Å²) in [4.78, 5) is 17.8. The molecule has 70 valence electrons. The van der Waals surface area contributed by atoms with Crippen LogP contribution >= 0.6 is 12.6 Å². The van der Waals surface area contributed by atoms with E-state index >= 15 is 0 Å². The summed E-state index contributed by atoms with van der Waals surface area (Å²) >= 11 is 4.19. The van der Waals surface area contributed by atoms with E-state index in [0.29, 0.717) is 0 Å². The predicted molar refractivity (Wildman–Crippen MR) is 57.5 cm³/mol. The van der Waals surface area contributed by atoms with E-state index in [1.807, 2.05) is 24.3 Å². The lowest BCUT2D eigenvalue weighted by Crippen LogP contribution is -2.07. The van der Waals surface area contributed by atoms with Crippen LogP contribution in [-0.4, -0.2) is 9.97 Å². The van der Waals surface area contributed by atoms with Crippen LogP contribution in [-0.2, 0) is 0 Å². The Balaban J connectivity index is 2.44. The molecule has 0 unspecified atom stereocenters. The van der Waals surface area contributed by atoms with Crippen LogP contribution in [0.1, 0.15) is 0 Å². The molecule has 1 aromatic heterocycles. The van der Waals surface area contributed by atoms with Gasteiger partial charge in [0.05, 0.1) is 0 Å². The normalized spacial score (nSPS) is 10.1. The minimum absolute atomic E-state index is 0.334. The first-order valence-electron chi connectivity index (χ1n) is 4.10. The fraction of sp³-hybridized carbons (Fsp3) is 0. The molecule has 0 atom stereocenters. The smallest absolute Gasteiger partial charge is 0.312 e. The topological polar surface area (TPSA) is 45.8 Å². The van der Waals surface area contributed by atoms with Gasteiger partial charge in [0.25, 0.3) is 0 Å². The highest BCUT2D eigenvalue weighted by molar-refractivity contribution is 7.80. The number of H-pyrrole nitrogens is 1. The first-order chi connectivity index (χ1) is 6.75. The summed E-state index contributed by atoms with van der Waals surface area (Å²) in [6, 6.07) is 7.64. The third-order valence-electron chi connectivity index (χ3n) is 1.87. The van der Waals surface area contributed by atoms with Crippen LogP contribution in [0.4, 0.5) is 0 Å². The second kappa shape index (κ2) is 3.67. The van der Waals surface area contributed by atoms with Crippen molar-refractivity contribution in [2.75, 3.05) is 0 Å². The zero-order valence-electron chi connectivity index (χ0n) is 7.27. The second-order valence-electron chi connectivity index (χ2n) is 2.85. The number of nitrogens with one attached hydrogen (secondary N) is 1. The molecule has 1 heterocycles. The maximum Gasteiger partial charge on any atom is 0.344 e. The fourth-order valence-electron chi connectivity index (χ4n) is 1.15. The number of nitrogens with zero attached hydrogens (tertiary/aromatic N) is 1. The van der Waals surface area contributed by atoms with Crippen LogP contribution in [0, 0.1) is 0 Å². The molecule has 0 aliphatic rings. The number of hydrogen-bond donors (Lipinski definition) is 2. The minimum atomic E-state index is -0.334. The Morgan fingerprint density at radius 3 is 2.43 bits per heavy atom. The maximum atomic E-state index is 10.7. The Morgan fingerprint density at radius 1 is 1.14 bits per heavy atom. The van der Waals surface area contributed by atoms with E-state index in [9.17, 15) is 4.79 Å². The molecule has 4 heteroatoms. The third kappa shape index (κ3) is 1.85. The van der Waals surface area contributed by atoms with Gasteiger partial charge in [0.2, 0.25) is 0 Å². The number of thiol groups is 1. The van der Waals surface area contributed by atoms with Crippen LogP contribution in [0.2, 0.25) is 0 Å². The van der Waals surface area contributed by atoms with Gasteiger partial charge < -0.3 is 4.98 Å². The van der Waals surface area contributed by atoms with E-state index in [0.717, 1.165) is 16.0 Å². The van der Waals surface area contributed by atoms with E-state index in [2.05, 4.69) is 22.6 Å². The highest BCUT2D eigenvalue weighted by Gasteiger charge is 1.96. The minimum Gasteiger partial charge on any atom is -0.312 e. The Kier molecular flexibility index (Phi) is 2.37. The lowest BCUT2D eigenvalue weighted by Gasteiger charge is -1.99. The van der Waals surface area contributed by atoms with Crippen LogP contribution in [0.25, 0.3) is 11.1 Å². The van der Waals surface area contributed by atoms with Gasteiger partial charge >= 0.3 is 5.69 Å². The molecule has 1 N–H and O–H groups in total. The van der Waals surface area contributed by atoms with Gasteiger partial charge in [-0.3, -0.25) is 0 Å². The average molecular weight is 204 g/mol. The number of benzene rings is 1. The molecular weight excluding hydrogens is 196 g/mol. The largest absolute Gasteiger partial charge is 0.344 e. The molecule has 2 aromatic rings. The highest BCUT2D eigenvalue weighted by Crippen LogP contribution is 2.18. The Hall–Kier alpha value is -1.55. The van der Waals surface area contributed by atoms with Gasteiger partial charge in [-0.15, -0.1) is 12.6 Å². The molecule has 0 saturated carbocycles. The number of aromatic amines is 1. The fourth-order valence-corrected chi connectivity index (χ4v) is 1.30. The van der Waals surface area contributed by atoms with Crippen molar-refractivity contribution < 1.29 is 0 Å². The monoisotopic (exact) mass is 204 g/mol. The number of hydrogen-bond acceptors (Lipinski definition) is 3. The summed E-state index contributed by atoms with van der Waals surface area (Å²) in [5.74, 6) is 0. The van der Waals surface area contributed by atoms with Crippen molar-refractivity contribution >= 4 is 12.6 Å². The molecule has 0 amide bonds. The Labute approximate surface area is 86.2 Å². The molecule has 0 aliphatic carbocycles. The standard InChI is InChI=1S/C10H8N2OS/c13-10-11-5-8(6-12-10)7-1-3-9(14)4-2-7/h1-6,14H,(H,11,12,13). The van der Waals surface area contributed by atoms with E-state index in [-0.39, 0.29) is 5.69 Å². The van der Waals surface area contributed by atoms with Gasteiger partial charge in [-0.25, -0.2) is 9.78 Å². The van der Waals surface area contributed by atoms with E-state index < -0.39 is 0 Å². The maximum absolute atomic E-state index is 10.7. The van der Waals surface area contributed by atoms with Crippen molar-refractivity contribution in [3.8, 4) is 11.1 Å². The summed E-state index contributed by atoms with van der Waals surface area (Å²) < 4.78 is 0. The lowest BCUT2D eigenvalue weighted by atomic mass is 10.1. The van der Waals surface area contributed by atoms with Crippen molar-refractivity contribution in [2.45, 2.75) is 4.90 Å². The molecule has 0 saturated heterocycles. The molecule has 0 bridgehead atoms.